The molecule has 0 fully saturated rings. The van der Waals surface area contributed by atoms with Gasteiger partial charge in [-0.25, -0.2) is 13.1 Å². The van der Waals surface area contributed by atoms with Crippen molar-refractivity contribution in [3.05, 3.63) is 47.3 Å². The lowest BCUT2D eigenvalue weighted by molar-refractivity contribution is 0.581. The molecule has 96 valence electrons. The molecule has 0 bridgehead atoms. The van der Waals surface area contributed by atoms with Crippen LogP contribution in [-0.2, 0) is 16.6 Å². The SMILES string of the molecule is Cc1cc(C)cc(S(=O)(=O)NCc2cn[nH]c2)c1. The van der Waals surface area contributed by atoms with Gasteiger partial charge in [-0.15, -0.1) is 0 Å². The van der Waals surface area contributed by atoms with Crippen molar-refractivity contribution in [2.75, 3.05) is 0 Å². The fourth-order valence-corrected chi connectivity index (χ4v) is 2.93. The van der Waals surface area contributed by atoms with E-state index in [0.29, 0.717) is 4.90 Å². The number of rotatable bonds is 4. The summed E-state index contributed by atoms with van der Waals surface area (Å²) in [5.41, 5.74) is 2.65. The van der Waals surface area contributed by atoms with Crippen LogP contribution in [0.2, 0.25) is 0 Å². The number of H-pyrrole nitrogens is 1. The van der Waals surface area contributed by atoms with Gasteiger partial charge in [-0.2, -0.15) is 5.10 Å². The molecular formula is C12H15N3O2S. The maximum Gasteiger partial charge on any atom is 0.240 e. The molecule has 0 atom stereocenters. The van der Waals surface area contributed by atoms with Gasteiger partial charge in [0.05, 0.1) is 11.1 Å². The van der Waals surface area contributed by atoms with Crippen molar-refractivity contribution in [2.24, 2.45) is 0 Å². The Kier molecular flexibility index (Phi) is 3.49. The summed E-state index contributed by atoms with van der Waals surface area (Å²) in [6.45, 7) is 3.98. The van der Waals surface area contributed by atoms with Crippen LogP contribution in [0.15, 0.2) is 35.5 Å². The van der Waals surface area contributed by atoms with Crippen molar-refractivity contribution in [1.82, 2.24) is 14.9 Å². The highest BCUT2D eigenvalue weighted by atomic mass is 32.2. The summed E-state index contributed by atoms with van der Waals surface area (Å²) >= 11 is 0. The Bertz CT molecular complexity index is 613. The van der Waals surface area contributed by atoms with Gasteiger partial charge in [0.1, 0.15) is 0 Å². The maximum absolute atomic E-state index is 12.1. The van der Waals surface area contributed by atoms with E-state index in [1.165, 1.54) is 0 Å². The lowest BCUT2D eigenvalue weighted by Gasteiger charge is -2.07. The quantitative estimate of drug-likeness (QED) is 0.879. The Morgan fingerprint density at radius 2 is 1.89 bits per heavy atom. The number of aryl methyl sites for hydroxylation is 2. The first kappa shape index (κ1) is 12.8. The molecule has 0 aliphatic carbocycles. The van der Waals surface area contributed by atoms with Crippen LogP contribution in [-0.4, -0.2) is 18.6 Å². The first-order valence-corrected chi connectivity index (χ1v) is 7.01. The zero-order chi connectivity index (χ0) is 13.2. The molecule has 2 rings (SSSR count). The maximum atomic E-state index is 12.1. The van der Waals surface area contributed by atoms with Crippen LogP contribution in [0, 0.1) is 13.8 Å². The van der Waals surface area contributed by atoms with Crippen LogP contribution < -0.4 is 4.72 Å². The molecule has 0 saturated carbocycles. The normalized spacial score (nSPS) is 11.7. The second-order valence-corrected chi connectivity index (χ2v) is 6.02. The fourth-order valence-electron chi connectivity index (χ4n) is 1.72. The monoisotopic (exact) mass is 265 g/mol. The summed E-state index contributed by atoms with van der Waals surface area (Å²) in [6, 6.07) is 5.25. The zero-order valence-corrected chi connectivity index (χ0v) is 11.1. The molecule has 0 radical (unpaired) electrons. The van der Waals surface area contributed by atoms with Gasteiger partial charge in [-0.3, -0.25) is 5.10 Å². The molecule has 2 N–H and O–H groups in total. The molecule has 1 aromatic carbocycles. The summed E-state index contributed by atoms with van der Waals surface area (Å²) in [5, 5.41) is 6.40. The number of aromatic amines is 1. The van der Waals surface area contributed by atoms with E-state index >= 15 is 0 Å². The summed E-state index contributed by atoms with van der Waals surface area (Å²) in [7, 11) is -3.47. The molecule has 1 heterocycles. The third-order valence-corrected chi connectivity index (χ3v) is 3.91. The Morgan fingerprint density at radius 1 is 1.22 bits per heavy atom. The van der Waals surface area contributed by atoms with Gasteiger partial charge in [-0.05, 0) is 37.1 Å². The molecular weight excluding hydrogens is 250 g/mol. The highest BCUT2D eigenvalue weighted by Gasteiger charge is 2.14. The van der Waals surface area contributed by atoms with Crippen molar-refractivity contribution >= 4 is 10.0 Å². The second-order valence-electron chi connectivity index (χ2n) is 4.25. The molecule has 5 nitrogen and oxygen atoms in total. The average Bonchev–Trinajstić information content (AvgIpc) is 2.78. The minimum absolute atomic E-state index is 0.228. The van der Waals surface area contributed by atoms with E-state index in [-0.39, 0.29) is 6.54 Å². The molecule has 0 aliphatic rings. The smallest absolute Gasteiger partial charge is 0.240 e. The predicted octanol–water partition coefficient (Wildman–Crippen LogP) is 1.51. The number of aromatic nitrogens is 2. The van der Waals surface area contributed by atoms with Crippen molar-refractivity contribution in [3.63, 3.8) is 0 Å². The number of hydrogen-bond donors (Lipinski definition) is 2. The van der Waals surface area contributed by atoms with E-state index in [1.54, 1.807) is 24.5 Å². The number of nitrogens with one attached hydrogen (secondary N) is 2. The lowest BCUT2D eigenvalue weighted by atomic mass is 10.2. The molecule has 0 unspecified atom stereocenters. The number of nitrogens with zero attached hydrogens (tertiary/aromatic N) is 1. The van der Waals surface area contributed by atoms with E-state index in [4.69, 9.17) is 0 Å². The molecule has 1 aromatic heterocycles. The zero-order valence-electron chi connectivity index (χ0n) is 10.3. The lowest BCUT2D eigenvalue weighted by Crippen LogP contribution is -2.23. The van der Waals surface area contributed by atoms with Gasteiger partial charge in [0.25, 0.3) is 0 Å². The largest absolute Gasteiger partial charge is 0.285 e. The van der Waals surface area contributed by atoms with Gasteiger partial charge in [0.2, 0.25) is 10.0 Å². The van der Waals surface area contributed by atoms with Gasteiger partial charge in [0, 0.05) is 18.3 Å². The first-order chi connectivity index (χ1) is 8.47. The van der Waals surface area contributed by atoms with Gasteiger partial charge >= 0.3 is 0 Å². The van der Waals surface area contributed by atoms with Crippen LogP contribution >= 0.6 is 0 Å². The van der Waals surface area contributed by atoms with Crippen molar-refractivity contribution in [2.45, 2.75) is 25.3 Å². The van der Waals surface area contributed by atoms with Crippen molar-refractivity contribution in [1.29, 1.82) is 0 Å². The second kappa shape index (κ2) is 4.91. The molecule has 2 aromatic rings. The molecule has 0 amide bonds. The van der Waals surface area contributed by atoms with E-state index in [9.17, 15) is 8.42 Å². The number of hydrogen-bond acceptors (Lipinski definition) is 3. The molecule has 0 saturated heterocycles. The third-order valence-electron chi connectivity index (χ3n) is 2.53. The predicted molar refractivity (Wildman–Crippen MR) is 68.5 cm³/mol. The summed E-state index contributed by atoms with van der Waals surface area (Å²) < 4.78 is 26.7. The van der Waals surface area contributed by atoms with Crippen LogP contribution in [0.4, 0.5) is 0 Å². The Labute approximate surface area is 106 Å². The molecule has 18 heavy (non-hydrogen) atoms. The highest BCUT2D eigenvalue weighted by Crippen LogP contribution is 2.14. The molecule has 0 aliphatic heterocycles. The Morgan fingerprint density at radius 3 is 2.44 bits per heavy atom. The van der Waals surface area contributed by atoms with Gasteiger partial charge in [-0.1, -0.05) is 6.07 Å². The van der Waals surface area contributed by atoms with E-state index < -0.39 is 10.0 Å². The van der Waals surface area contributed by atoms with Crippen molar-refractivity contribution in [3.8, 4) is 0 Å². The molecule has 0 spiro atoms. The third kappa shape index (κ3) is 2.96. The van der Waals surface area contributed by atoms with E-state index in [1.807, 2.05) is 19.9 Å². The minimum atomic E-state index is -3.47. The highest BCUT2D eigenvalue weighted by molar-refractivity contribution is 7.89. The summed E-state index contributed by atoms with van der Waals surface area (Å²) in [6.07, 6.45) is 3.24. The average molecular weight is 265 g/mol. The van der Waals surface area contributed by atoms with E-state index in [2.05, 4.69) is 14.9 Å². The Balaban J connectivity index is 2.20. The minimum Gasteiger partial charge on any atom is -0.285 e. The van der Waals surface area contributed by atoms with Crippen LogP contribution in [0.5, 0.6) is 0 Å². The number of benzene rings is 1. The van der Waals surface area contributed by atoms with Crippen LogP contribution in [0.3, 0.4) is 0 Å². The standard InChI is InChI=1S/C12H15N3O2S/c1-9-3-10(2)5-12(4-9)18(16,17)15-8-11-6-13-14-7-11/h3-7,15H,8H2,1-2H3,(H,13,14). The summed E-state index contributed by atoms with van der Waals surface area (Å²) in [4.78, 5) is 0.295. The first-order valence-electron chi connectivity index (χ1n) is 5.53. The van der Waals surface area contributed by atoms with Gasteiger partial charge < -0.3 is 0 Å². The van der Waals surface area contributed by atoms with Crippen molar-refractivity contribution < 1.29 is 8.42 Å². The van der Waals surface area contributed by atoms with Crippen LogP contribution in [0.25, 0.3) is 0 Å². The van der Waals surface area contributed by atoms with E-state index in [0.717, 1.165) is 16.7 Å². The summed E-state index contributed by atoms with van der Waals surface area (Å²) in [5.74, 6) is 0. The topological polar surface area (TPSA) is 74.8 Å². The van der Waals surface area contributed by atoms with Crippen LogP contribution in [0.1, 0.15) is 16.7 Å². The van der Waals surface area contributed by atoms with Gasteiger partial charge in [0.15, 0.2) is 0 Å². The molecule has 6 heteroatoms. The number of sulfonamides is 1. The fraction of sp³-hybridized carbons (Fsp3) is 0.250. The Hall–Kier alpha value is -1.66.